The van der Waals surface area contributed by atoms with Crippen LogP contribution in [0, 0.1) is 0 Å². The first-order valence-corrected chi connectivity index (χ1v) is 6.25. The molecule has 1 aromatic heterocycles. The van der Waals surface area contributed by atoms with Crippen LogP contribution in [0.3, 0.4) is 0 Å². The van der Waals surface area contributed by atoms with Crippen molar-refractivity contribution >= 4 is 11.6 Å². The van der Waals surface area contributed by atoms with E-state index in [0.29, 0.717) is 10.8 Å². The zero-order valence-corrected chi connectivity index (χ0v) is 10.9. The molecule has 1 heterocycles. The number of halogens is 1. The highest BCUT2D eigenvalue weighted by Crippen LogP contribution is 2.28. The van der Waals surface area contributed by atoms with Gasteiger partial charge in [-0.25, -0.2) is 0 Å². The number of rotatable bonds is 5. The predicted molar refractivity (Wildman–Crippen MR) is 73.1 cm³/mol. The highest BCUT2D eigenvalue weighted by atomic mass is 35.5. The summed E-state index contributed by atoms with van der Waals surface area (Å²) in [5.41, 5.74) is 0.946. The smallest absolute Gasteiger partial charge is 0.146 e. The number of nitrogens with one attached hydrogen (secondary N) is 1. The van der Waals surface area contributed by atoms with Crippen molar-refractivity contribution in [3.8, 4) is 11.5 Å². The predicted octanol–water partition coefficient (Wildman–Crippen LogP) is 3.64. The summed E-state index contributed by atoms with van der Waals surface area (Å²) in [5.74, 6) is 1.39. The van der Waals surface area contributed by atoms with E-state index >= 15 is 0 Å². The first-order valence-electron chi connectivity index (χ1n) is 5.87. The van der Waals surface area contributed by atoms with Crippen LogP contribution in [-0.2, 0) is 6.54 Å². The zero-order chi connectivity index (χ0) is 12.8. The second-order valence-electron chi connectivity index (χ2n) is 3.80. The van der Waals surface area contributed by atoms with Gasteiger partial charge in [0.15, 0.2) is 0 Å². The van der Waals surface area contributed by atoms with E-state index in [2.05, 4.69) is 17.2 Å². The molecule has 4 heteroatoms. The van der Waals surface area contributed by atoms with Crippen LogP contribution in [0.15, 0.2) is 42.6 Å². The van der Waals surface area contributed by atoms with Gasteiger partial charge in [0, 0.05) is 18.8 Å². The molecule has 18 heavy (non-hydrogen) atoms. The molecule has 0 unspecified atom stereocenters. The summed E-state index contributed by atoms with van der Waals surface area (Å²) in [6, 6.07) is 11.1. The lowest BCUT2D eigenvalue weighted by molar-refractivity contribution is 0.480. The summed E-state index contributed by atoms with van der Waals surface area (Å²) < 4.78 is 5.73. The molecular weight excluding hydrogens is 248 g/mol. The summed E-state index contributed by atoms with van der Waals surface area (Å²) >= 11 is 6.04. The maximum absolute atomic E-state index is 6.04. The molecule has 0 fully saturated rings. The Balaban J connectivity index is 2.12. The van der Waals surface area contributed by atoms with Crippen LogP contribution < -0.4 is 10.1 Å². The van der Waals surface area contributed by atoms with Crippen molar-refractivity contribution in [1.29, 1.82) is 0 Å². The fourth-order valence-electron chi connectivity index (χ4n) is 1.52. The maximum Gasteiger partial charge on any atom is 0.146 e. The van der Waals surface area contributed by atoms with Crippen molar-refractivity contribution in [1.82, 2.24) is 10.3 Å². The van der Waals surface area contributed by atoms with Crippen LogP contribution in [0.1, 0.15) is 12.6 Å². The van der Waals surface area contributed by atoms with Crippen molar-refractivity contribution < 1.29 is 4.74 Å². The fourth-order valence-corrected chi connectivity index (χ4v) is 1.70. The first-order chi connectivity index (χ1) is 8.79. The van der Waals surface area contributed by atoms with E-state index in [1.807, 2.05) is 30.3 Å². The second-order valence-corrected chi connectivity index (χ2v) is 4.20. The average molecular weight is 263 g/mol. The highest BCUT2D eigenvalue weighted by molar-refractivity contribution is 6.32. The Morgan fingerprint density at radius 2 is 2.11 bits per heavy atom. The molecule has 0 aliphatic rings. The molecule has 2 rings (SSSR count). The van der Waals surface area contributed by atoms with E-state index in [1.54, 1.807) is 12.3 Å². The molecule has 0 aliphatic heterocycles. The minimum Gasteiger partial charge on any atom is -0.456 e. The van der Waals surface area contributed by atoms with Crippen molar-refractivity contribution in [3.05, 3.63) is 53.3 Å². The molecule has 3 nitrogen and oxygen atoms in total. The Bertz CT molecular complexity index is 517. The summed E-state index contributed by atoms with van der Waals surface area (Å²) in [6.07, 6.45) is 1.73. The van der Waals surface area contributed by atoms with E-state index in [1.165, 1.54) is 0 Å². The Labute approximate surface area is 112 Å². The number of hydrogen-bond acceptors (Lipinski definition) is 3. The van der Waals surface area contributed by atoms with E-state index in [9.17, 15) is 0 Å². The average Bonchev–Trinajstić information content (AvgIpc) is 2.40. The topological polar surface area (TPSA) is 34.1 Å². The highest BCUT2D eigenvalue weighted by Gasteiger charge is 2.03. The van der Waals surface area contributed by atoms with Gasteiger partial charge < -0.3 is 10.1 Å². The molecule has 2 aromatic rings. The van der Waals surface area contributed by atoms with Gasteiger partial charge >= 0.3 is 0 Å². The third-order valence-corrected chi connectivity index (χ3v) is 2.72. The normalized spacial score (nSPS) is 10.3. The monoisotopic (exact) mass is 262 g/mol. The van der Waals surface area contributed by atoms with Crippen LogP contribution in [0.25, 0.3) is 0 Å². The molecule has 1 aromatic carbocycles. The third kappa shape index (κ3) is 3.45. The number of pyridine rings is 1. The Hall–Kier alpha value is -1.58. The molecule has 94 valence electrons. The van der Waals surface area contributed by atoms with Gasteiger partial charge in [-0.15, -0.1) is 0 Å². The number of benzene rings is 1. The van der Waals surface area contributed by atoms with E-state index < -0.39 is 0 Å². The van der Waals surface area contributed by atoms with Gasteiger partial charge in [-0.05, 0) is 24.7 Å². The minimum atomic E-state index is 0.600. The Morgan fingerprint density at radius 1 is 1.28 bits per heavy atom. The van der Waals surface area contributed by atoms with Gasteiger partial charge in [-0.1, -0.05) is 30.7 Å². The molecule has 0 spiro atoms. The van der Waals surface area contributed by atoms with E-state index in [4.69, 9.17) is 16.3 Å². The first kappa shape index (κ1) is 12.9. The lowest BCUT2D eigenvalue weighted by Crippen LogP contribution is -2.12. The number of para-hydroxylation sites is 1. The number of hydrogen-bond donors (Lipinski definition) is 1. The van der Waals surface area contributed by atoms with Gasteiger partial charge in [-0.3, -0.25) is 4.98 Å². The Morgan fingerprint density at radius 3 is 2.89 bits per heavy atom. The summed E-state index contributed by atoms with van der Waals surface area (Å²) in [4.78, 5) is 4.27. The standard InChI is InChI=1S/C14H15ClN2O/c1-2-16-10-11-9-12(7-8-17-11)18-14-6-4-3-5-13(14)15/h3-9,16H,2,10H2,1H3. The van der Waals surface area contributed by atoms with Crippen LogP contribution in [0.5, 0.6) is 11.5 Å². The van der Waals surface area contributed by atoms with Gasteiger partial charge in [0.25, 0.3) is 0 Å². The molecule has 0 radical (unpaired) electrons. The zero-order valence-electron chi connectivity index (χ0n) is 10.2. The quantitative estimate of drug-likeness (QED) is 0.893. The molecule has 0 saturated heterocycles. The van der Waals surface area contributed by atoms with Crippen molar-refractivity contribution in [2.75, 3.05) is 6.54 Å². The molecule has 0 aliphatic carbocycles. The summed E-state index contributed by atoms with van der Waals surface area (Å²) in [6.45, 7) is 3.71. The van der Waals surface area contributed by atoms with Crippen LogP contribution >= 0.6 is 11.6 Å². The van der Waals surface area contributed by atoms with Gasteiger partial charge in [0.05, 0.1) is 10.7 Å². The number of nitrogens with zero attached hydrogens (tertiary/aromatic N) is 1. The second kappa shape index (κ2) is 6.38. The van der Waals surface area contributed by atoms with Crippen molar-refractivity contribution in [2.24, 2.45) is 0 Å². The molecule has 1 N–H and O–H groups in total. The van der Waals surface area contributed by atoms with Gasteiger partial charge in [-0.2, -0.15) is 0 Å². The molecule has 0 bridgehead atoms. The Kier molecular flexibility index (Phi) is 4.56. The molecule has 0 atom stereocenters. The fraction of sp³-hybridized carbons (Fsp3) is 0.214. The number of ether oxygens (including phenoxy) is 1. The van der Waals surface area contributed by atoms with Crippen LogP contribution in [0.2, 0.25) is 5.02 Å². The van der Waals surface area contributed by atoms with Crippen LogP contribution in [0.4, 0.5) is 0 Å². The van der Waals surface area contributed by atoms with Crippen molar-refractivity contribution in [3.63, 3.8) is 0 Å². The number of aromatic nitrogens is 1. The van der Waals surface area contributed by atoms with Crippen LogP contribution in [-0.4, -0.2) is 11.5 Å². The van der Waals surface area contributed by atoms with E-state index in [0.717, 1.165) is 24.5 Å². The van der Waals surface area contributed by atoms with Crippen molar-refractivity contribution in [2.45, 2.75) is 13.5 Å². The minimum absolute atomic E-state index is 0.600. The lowest BCUT2D eigenvalue weighted by Gasteiger charge is -2.08. The lowest BCUT2D eigenvalue weighted by atomic mass is 10.3. The summed E-state index contributed by atoms with van der Waals surface area (Å²) in [7, 11) is 0. The SMILES string of the molecule is CCNCc1cc(Oc2ccccc2Cl)ccn1. The van der Waals surface area contributed by atoms with E-state index in [-0.39, 0.29) is 0 Å². The maximum atomic E-state index is 6.04. The van der Waals surface area contributed by atoms with Gasteiger partial charge in [0.2, 0.25) is 0 Å². The van der Waals surface area contributed by atoms with Gasteiger partial charge in [0.1, 0.15) is 11.5 Å². The largest absolute Gasteiger partial charge is 0.456 e. The molecular formula is C14H15ClN2O. The molecule has 0 amide bonds. The summed E-state index contributed by atoms with van der Waals surface area (Å²) in [5, 5.41) is 3.82. The third-order valence-electron chi connectivity index (χ3n) is 2.41. The molecule has 0 saturated carbocycles.